The summed E-state index contributed by atoms with van der Waals surface area (Å²) in [5.74, 6) is -2.05. The van der Waals surface area contributed by atoms with Gasteiger partial charge in [-0.2, -0.15) is 13.2 Å². The van der Waals surface area contributed by atoms with Crippen LogP contribution in [0.2, 0.25) is 0 Å². The van der Waals surface area contributed by atoms with Gasteiger partial charge in [-0.3, -0.25) is 4.98 Å². The van der Waals surface area contributed by atoms with Crippen LogP contribution in [0.3, 0.4) is 0 Å². The zero-order valence-electron chi connectivity index (χ0n) is 18.4. The molecule has 0 saturated carbocycles. The molecule has 3 aromatic rings. The lowest BCUT2D eigenvalue weighted by Gasteiger charge is -2.19. The van der Waals surface area contributed by atoms with Crippen molar-refractivity contribution in [1.29, 1.82) is 0 Å². The third kappa shape index (κ3) is 6.16. The fourth-order valence-corrected chi connectivity index (χ4v) is 3.42. The highest BCUT2D eigenvalue weighted by Gasteiger charge is 2.35. The number of aromatic nitrogens is 1. The molecule has 2 unspecified atom stereocenters. The van der Waals surface area contributed by atoms with Crippen molar-refractivity contribution in [3.8, 4) is 16.9 Å². The normalized spacial score (nSPS) is 13.3. The Morgan fingerprint density at radius 2 is 1.72 bits per heavy atom. The average Bonchev–Trinajstić information content (AvgIpc) is 2.72. The van der Waals surface area contributed by atoms with Crippen LogP contribution in [0.25, 0.3) is 22.0 Å². The van der Waals surface area contributed by atoms with Crippen molar-refractivity contribution in [3.63, 3.8) is 0 Å². The van der Waals surface area contributed by atoms with Crippen molar-refractivity contribution in [2.24, 2.45) is 11.7 Å². The van der Waals surface area contributed by atoms with Crippen molar-refractivity contribution in [2.75, 3.05) is 6.61 Å². The van der Waals surface area contributed by atoms with Crippen LogP contribution >= 0.6 is 0 Å². The second-order valence-corrected chi connectivity index (χ2v) is 7.48. The molecular weight excluding hydrogens is 427 g/mol. The lowest BCUT2D eigenvalue weighted by atomic mass is 9.98. The fourth-order valence-electron chi connectivity index (χ4n) is 3.42. The summed E-state index contributed by atoms with van der Waals surface area (Å²) >= 11 is 0. The van der Waals surface area contributed by atoms with E-state index in [1.54, 1.807) is 0 Å². The van der Waals surface area contributed by atoms with Gasteiger partial charge < -0.3 is 10.5 Å². The number of alkyl halides is 3. The van der Waals surface area contributed by atoms with Gasteiger partial charge >= 0.3 is 6.18 Å². The first-order chi connectivity index (χ1) is 15.1. The number of halogens is 5. The van der Waals surface area contributed by atoms with E-state index in [1.165, 1.54) is 24.4 Å². The average molecular weight is 454 g/mol. The van der Waals surface area contributed by atoms with Gasteiger partial charge in [0.2, 0.25) is 0 Å². The molecule has 0 spiro atoms. The molecule has 0 fully saturated rings. The molecule has 1 heterocycles. The van der Waals surface area contributed by atoms with Gasteiger partial charge in [-0.1, -0.05) is 26.8 Å². The Hall–Kier alpha value is -2.74. The minimum Gasteiger partial charge on any atom is -0.493 e. The molecule has 0 bridgehead atoms. The molecule has 0 aliphatic rings. The van der Waals surface area contributed by atoms with E-state index in [1.807, 2.05) is 27.7 Å². The maximum atomic E-state index is 14.4. The lowest BCUT2D eigenvalue weighted by Crippen LogP contribution is -2.22. The molecule has 2 aromatic carbocycles. The smallest absolute Gasteiger partial charge is 0.419 e. The van der Waals surface area contributed by atoms with Crippen LogP contribution in [0, 0.1) is 17.6 Å². The summed E-state index contributed by atoms with van der Waals surface area (Å²) in [6.07, 6.45) is -2.77. The van der Waals surface area contributed by atoms with Gasteiger partial charge in [0.1, 0.15) is 17.4 Å². The third-order valence-electron chi connectivity index (χ3n) is 4.65. The maximum Gasteiger partial charge on any atom is 0.419 e. The molecule has 3 rings (SSSR count). The molecule has 0 aliphatic heterocycles. The topological polar surface area (TPSA) is 48.1 Å². The molecule has 0 aliphatic carbocycles. The molecule has 3 nitrogen and oxygen atoms in total. The van der Waals surface area contributed by atoms with E-state index in [4.69, 9.17) is 10.5 Å². The number of rotatable bonds is 6. The third-order valence-corrected chi connectivity index (χ3v) is 4.65. The van der Waals surface area contributed by atoms with Gasteiger partial charge in [0.05, 0.1) is 17.7 Å². The molecule has 174 valence electrons. The molecule has 32 heavy (non-hydrogen) atoms. The second kappa shape index (κ2) is 10.7. The summed E-state index contributed by atoms with van der Waals surface area (Å²) in [6, 6.07) is 6.54. The summed E-state index contributed by atoms with van der Waals surface area (Å²) in [6.45, 7) is 7.74. The molecule has 2 atom stereocenters. The molecule has 8 heteroatoms. The van der Waals surface area contributed by atoms with Gasteiger partial charge in [0.15, 0.2) is 0 Å². The summed E-state index contributed by atoms with van der Waals surface area (Å²) in [4.78, 5) is 3.91. The van der Waals surface area contributed by atoms with Crippen LogP contribution in [0.15, 0.2) is 42.6 Å². The van der Waals surface area contributed by atoms with Crippen LogP contribution in [0.5, 0.6) is 5.75 Å². The Labute approximate surface area is 184 Å². The number of nitrogens with two attached hydrogens (primary N) is 1. The molecular formula is C24H27F5N2O. The van der Waals surface area contributed by atoms with E-state index in [-0.39, 0.29) is 46.3 Å². The fraction of sp³-hybridized carbons (Fsp3) is 0.375. The van der Waals surface area contributed by atoms with Crippen molar-refractivity contribution < 1.29 is 26.7 Å². The Bertz CT molecular complexity index is 1050. The number of benzene rings is 2. The van der Waals surface area contributed by atoms with Crippen molar-refractivity contribution in [3.05, 3.63) is 59.8 Å². The largest absolute Gasteiger partial charge is 0.493 e. The van der Waals surface area contributed by atoms with E-state index >= 15 is 0 Å². The zero-order chi connectivity index (χ0) is 24.1. The first-order valence-corrected chi connectivity index (χ1v) is 10.4. The summed E-state index contributed by atoms with van der Waals surface area (Å²) in [5.41, 5.74) is 5.07. The van der Waals surface area contributed by atoms with Crippen LogP contribution in [-0.2, 0) is 6.18 Å². The highest BCUT2D eigenvalue weighted by atomic mass is 19.4. The summed E-state index contributed by atoms with van der Waals surface area (Å²) in [7, 11) is 0. The zero-order valence-corrected chi connectivity index (χ0v) is 18.4. The molecule has 0 amide bonds. The van der Waals surface area contributed by atoms with E-state index in [9.17, 15) is 22.0 Å². The Balaban J connectivity index is 0.00000176. The Morgan fingerprint density at radius 1 is 1.03 bits per heavy atom. The van der Waals surface area contributed by atoms with Gasteiger partial charge in [0.25, 0.3) is 0 Å². The highest BCUT2D eigenvalue weighted by molar-refractivity contribution is 5.95. The van der Waals surface area contributed by atoms with Crippen LogP contribution < -0.4 is 10.5 Å². The van der Waals surface area contributed by atoms with E-state index in [0.29, 0.717) is 12.5 Å². The minimum absolute atomic E-state index is 0.0172. The highest BCUT2D eigenvalue weighted by Crippen LogP contribution is 2.40. The van der Waals surface area contributed by atoms with Crippen molar-refractivity contribution in [1.82, 2.24) is 4.98 Å². The van der Waals surface area contributed by atoms with Gasteiger partial charge in [-0.05, 0) is 48.6 Å². The number of fused-ring (bicyclic) bond motifs is 1. The predicted octanol–water partition coefficient (Wildman–Crippen LogP) is 6.98. The molecule has 2 N–H and O–H groups in total. The van der Waals surface area contributed by atoms with Crippen LogP contribution in [0.4, 0.5) is 22.0 Å². The standard InChI is InChI=1S/C22H21F5N2O.C2H6/c1-12(7-13(2)28)11-30-20-4-3-14(8-17(20)22(25,26)27)16-5-6-29-19-10-15(23)9-18(24)21(16)19;1-2/h3-6,8-10,12-13H,7,11,28H2,1-2H3;1-2H3. The first kappa shape index (κ1) is 25.5. The van der Waals surface area contributed by atoms with Crippen molar-refractivity contribution in [2.45, 2.75) is 46.3 Å². The number of pyridine rings is 1. The Kier molecular flexibility index (Phi) is 8.55. The van der Waals surface area contributed by atoms with Crippen LogP contribution in [-0.4, -0.2) is 17.6 Å². The van der Waals surface area contributed by atoms with Crippen LogP contribution in [0.1, 0.15) is 39.7 Å². The number of hydrogen-bond acceptors (Lipinski definition) is 3. The summed E-state index contributed by atoms with van der Waals surface area (Å²) < 4.78 is 74.4. The van der Waals surface area contributed by atoms with Gasteiger partial charge in [0, 0.05) is 29.8 Å². The molecule has 1 aromatic heterocycles. The SMILES string of the molecule is CC.CC(N)CC(C)COc1ccc(-c2ccnc3cc(F)cc(F)c23)cc1C(F)(F)F. The van der Waals surface area contributed by atoms with E-state index < -0.39 is 23.4 Å². The quantitative estimate of drug-likeness (QED) is 0.409. The van der Waals surface area contributed by atoms with Gasteiger partial charge in [-0.15, -0.1) is 0 Å². The maximum absolute atomic E-state index is 14.4. The molecule has 0 saturated heterocycles. The van der Waals surface area contributed by atoms with Crippen molar-refractivity contribution >= 4 is 10.9 Å². The second-order valence-electron chi connectivity index (χ2n) is 7.48. The number of nitrogens with zero attached hydrogens (tertiary/aromatic N) is 1. The monoisotopic (exact) mass is 454 g/mol. The predicted molar refractivity (Wildman–Crippen MR) is 116 cm³/mol. The minimum atomic E-state index is -4.68. The van der Waals surface area contributed by atoms with Gasteiger partial charge in [-0.25, -0.2) is 8.78 Å². The first-order valence-electron chi connectivity index (χ1n) is 10.4. The number of hydrogen-bond donors (Lipinski definition) is 1. The lowest BCUT2D eigenvalue weighted by molar-refractivity contribution is -0.139. The summed E-state index contributed by atoms with van der Waals surface area (Å²) in [5, 5.41) is -0.0498. The van der Waals surface area contributed by atoms with E-state index in [0.717, 1.165) is 12.1 Å². The number of ether oxygens (including phenoxy) is 1. The molecule has 0 radical (unpaired) electrons. The Morgan fingerprint density at radius 3 is 2.34 bits per heavy atom. The van der Waals surface area contributed by atoms with E-state index in [2.05, 4.69) is 4.98 Å².